The smallest absolute Gasteiger partial charge is 0.255 e. The second-order valence-corrected chi connectivity index (χ2v) is 10.2. The molecule has 1 N–H and O–H groups in total. The van der Waals surface area contributed by atoms with Gasteiger partial charge in [-0.15, -0.1) is 0 Å². The first-order valence-electron chi connectivity index (χ1n) is 11.0. The Morgan fingerprint density at radius 2 is 1.91 bits per heavy atom. The van der Waals surface area contributed by atoms with Gasteiger partial charge in [-0.05, 0) is 49.2 Å². The van der Waals surface area contributed by atoms with Crippen LogP contribution in [-0.2, 0) is 23.0 Å². The third-order valence-electron chi connectivity index (χ3n) is 5.88. The van der Waals surface area contributed by atoms with Crippen LogP contribution in [0.15, 0.2) is 41.3 Å². The maximum atomic E-state index is 12.9. The molecule has 1 aliphatic heterocycles. The van der Waals surface area contributed by atoms with Crippen molar-refractivity contribution in [3.05, 3.63) is 52.8 Å². The number of hydrogen-bond donors (Lipinski definition) is 1. The topological polar surface area (TPSA) is 84.3 Å². The molecule has 7 nitrogen and oxygen atoms in total. The van der Waals surface area contributed by atoms with Gasteiger partial charge < -0.3 is 9.88 Å². The predicted octanol–water partition coefficient (Wildman–Crippen LogP) is 4.70. The van der Waals surface area contributed by atoms with Crippen LogP contribution in [0, 0.1) is 0 Å². The summed E-state index contributed by atoms with van der Waals surface area (Å²) in [5.74, 6) is 0.683. The quantitative estimate of drug-likeness (QED) is 0.561. The van der Waals surface area contributed by atoms with Crippen LogP contribution in [0.2, 0.25) is 5.02 Å². The molecule has 0 bridgehead atoms. The van der Waals surface area contributed by atoms with Gasteiger partial charge in [0.15, 0.2) is 0 Å². The van der Waals surface area contributed by atoms with Crippen molar-refractivity contribution < 1.29 is 13.2 Å². The summed E-state index contributed by atoms with van der Waals surface area (Å²) in [6, 6.07) is 9.99. The van der Waals surface area contributed by atoms with Gasteiger partial charge in [0, 0.05) is 37.3 Å². The third kappa shape index (κ3) is 4.27. The highest BCUT2D eigenvalue weighted by molar-refractivity contribution is 7.89. The molecule has 32 heavy (non-hydrogen) atoms. The number of anilines is 1. The van der Waals surface area contributed by atoms with E-state index in [1.54, 1.807) is 13.8 Å². The summed E-state index contributed by atoms with van der Waals surface area (Å²) >= 11 is 6.18. The van der Waals surface area contributed by atoms with E-state index in [0.717, 1.165) is 42.7 Å². The first-order chi connectivity index (χ1) is 15.3. The number of fused-ring (bicyclic) bond motifs is 3. The number of carbonyl (C=O) groups excluding carboxylic acids is 1. The number of rotatable bonds is 6. The van der Waals surface area contributed by atoms with E-state index in [4.69, 9.17) is 16.6 Å². The van der Waals surface area contributed by atoms with Gasteiger partial charge in [-0.1, -0.05) is 31.9 Å². The molecule has 3 aromatic rings. The van der Waals surface area contributed by atoms with Gasteiger partial charge in [0.1, 0.15) is 10.7 Å². The van der Waals surface area contributed by atoms with E-state index >= 15 is 0 Å². The minimum atomic E-state index is -3.79. The highest BCUT2D eigenvalue weighted by atomic mass is 35.5. The molecule has 0 saturated heterocycles. The maximum absolute atomic E-state index is 12.9. The van der Waals surface area contributed by atoms with Crippen LogP contribution in [0.3, 0.4) is 0 Å². The third-order valence-corrected chi connectivity index (χ3v) is 8.42. The fourth-order valence-electron chi connectivity index (χ4n) is 4.18. The average Bonchev–Trinajstić information content (AvgIpc) is 2.94. The Balaban J connectivity index is 1.61. The lowest BCUT2D eigenvalue weighted by molar-refractivity contribution is 0.102. The molecule has 4 rings (SSSR count). The van der Waals surface area contributed by atoms with Gasteiger partial charge >= 0.3 is 0 Å². The van der Waals surface area contributed by atoms with Crippen LogP contribution in [0.1, 0.15) is 49.3 Å². The predicted molar refractivity (Wildman–Crippen MR) is 127 cm³/mol. The molecule has 1 aliphatic rings. The fraction of sp³-hybridized carbons (Fsp3) is 0.391. The van der Waals surface area contributed by atoms with Crippen LogP contribution >= 0.6 is 11.6 Å². The van der Waals surface area contributed by atoms with E-state index in [0.29, 0.717) is 18.8 Å². The van der Waals surface area contributed by atoms with E-state index in [2.05, 4.69) is 9.88 Å². The van der Waals surface area contributed by atoms with Crippen LogP contribution in [0.4, 0.5) is 5.69 Å². The Bertz CT molecular complexity index is 1270. The number of sulfonamides is 1. The highest BCUT2D eigenvalue weighted by Gasteiger charge is 2.25. The number of aromatic nitrogens is 2. The molecule has 2 heterocycles. The molecule has 9 heteroatoms. The lowest BCUT2D eigenvalue weighted by Crippen LogP contribution is -2.31. The second kappa shape index (κ2) is 9.21. The number of amides is 1. The summed E-state index contributed by atoms with van der Waals surface area (Å²) in [5, 5.41) is 2.95. The van der Waals surface area contributed by atoms with Crippen molar-refractivity contribution in [1.29, 1.82) is 0 Å². The minimum Gasteiger partial charge on any atom is -0.328 e. The second-order valence-electron chi connectivity index (χ2n) is 7.88. The zero-order chi connectivity index (χ0) is 22.9. The molecule has 0 radical (unpaired) electrons. The average molecular weight is 475 g/mol. The molecule has 1 aromatic heterocycles. The number of nitrogens with zero attached hydrogens (tertiary/aromatic N) is 3. The SMILES string of the molecule is CCN(CC)S(=O)(=O)c1cc(C(=O)Nc2ccc3c(c2)nc2n3CCCCC2)ccc1Cl. The number of nitrogens with one attached hydrogen (secondary N) is 1. The summed E-state index contributed by atoms with van der Waals surface area (Å²) in [5.41, 5.74) is 2.75. The Morgan fingerprint density at radius 3 is 2.66 bits per heavy atom. The van der Waals surface area contributed by atoms with Gasteiger partial charge in [-0.2, -0.15) is 4.31 Å². The van der Waals surface area contributed by atoms with Gasteiger partial charge in [0.05, 0.1) is 16.1 Å². The number of imidazole rings is 1. The molecular formula is C23H27ClN4O3S. The van der Waals surface area contributed by atoms with E-state index in [-0.39, 0.29) is 15.5 Å². The van der Waals surface area contributed by atoms with Crippen molar-refractivity contribution in [2.75, 3.05) is 18.4 Å². The minimum absolute atomic E-state index is 0.0659. The van der Waals surface area contributed by atoms with E-state index in [1.807, 2.05) is 18.2 Å². The number of hydrogen-bond acceptors (Lipinski definition) is 4. The molecule has 1 amide bonds. The van der Waals surface area contributed by atoms with Gasteiger partial charge in [-0.25, -0.2) is 13.4 Å². The molecule has 0 fully saturated rings. The van der Waals surface area contributed by atoms with Gasteiger partial charge in [-0.3, -0.25) is 4.79 Å². The summed E-state index contributed by atoms with van der Waals surface area (Å²) in [6.45, 7) is 5.13. The van der Waals surface area contributed by atoms with Crippen molar-refractivity contribution in [1.82, 2.24) is 13.9 Å². The molecule has 0 unspecified atom stereocenters. The maximum Gasteiger partial charge on any atom is 0.255 e. The number of aryl methyl sites for hydroxylation is 2. The summed E-state index contributed by atoms with van der Waals surface area (Å²) < 4.78 is 29.4. The largest absolute Gasteiger partial charge is 0.328 e. The molecule has 0 atom stereocenters. The van der Waals surface area contributed by atoms with Gasteiger partial charge in [0.2, 0.25) is 10.0 Å². The summed E-state index contributed by atoms with van der Waals surface area (Å²) in [4.78, 5) is 17.6. The van der Waals surface area contributed by atoms with Crippen LogP contribution in [-0.4, -0.2) is 41.3 Å². The zero-order valence-electron chi connectivity index (χ0n) is 18.3. The fourth-order valence-corrected chi connectivity index (χ4v) is 6.13. The van der Waals surface area contributed by atoms with E-state index < -0.39 is 15.9 Å². The van der Waals surface area contributed by atoms with E-state index in [9.17, 15) is 13.2 Å². The Hall–Kier alpha value is -2.42. The van der Waals surface area contributed by atoms with Crippen molar-refractivity contribution >= 4 is 44.3 Å². The number of benzene rings is 2. The number of carbonyl (C=O) groups is 1. The Morgan fingerprint density at radius 1 is 1.12 bits per heavy atom. The normalized spacial score (nSPS) is 14.4. The standard InChI is InChI=1S/C23H27ClN4O3S/c1-3-27(4-2)32(30,31)21-14-16(9-11-18(21)24)23(29)25-17-10-12-20-19(15-17)26-22-8-6-5-7-13-28(20)22/h9-12,14-15H,3-8,13H2,1-2H3,(H,25,29). The lowest BCUT2D eigenvalue weighted by Gasteiger charge is -2.19. The molecule has 0 spiro atoms. The number of halogens is 1. The van der Waals surface area contributed by atoms with E-state index in [1.165, 1.54) is 28.9 Å². The lowest BCUT2D eigenvalue weighted by atomic mass is 10.2. The van der Waals surface area contributed by atoms with Crippen molar-refractivity contribution in [2.45, 2.75) is 51.0 Å². The van der Waals surface area contributed by atoms with Gasteiger partial charge in [0.25, 0.3) is 5.91 Å². The van der Waals surface area contributed by atoms with Crippen LogP contribution in [0.5, 0.6) is 0 Å². The van der Waals surface area contributed by atoms with Crippen molar-refractivity contribution in [2.24, 2.45) is 0 Å². The molecule has 0 aliphatic carbocycles. The first kappa shape index (κ1) is 22.8. The monoisotopic (exact) mass is 474 g/mol. The van der Waals surface area contributed by atoms with Crippen molar-refractivity contribution in [3.8, 4) is 0 Å². The molecule has 0 saturated carbocycles. The van der Waals surface area contributed by atoms with Crippen molar-refractivity contribution in [3.63, 3.8) is 0 Å². The van der Waals surface area contributed by atoms with Crippen LogP contribution < -0.4 is 5.32 Å². The Kier molecular flexibility index (Phi) is 6.55. The molecule has 170 valence electrons. The molecular weight excluding hydrogens is 448 g/mol. The van der Waals surface area contributed by atoms with Crippen LogP contribution in [0.25, 0.3) is 11.0 Å². The summed E-state index contributed by atoms with van der Waals surface area (Å²) in [7, 11) is -3.79. The Labute approximate surface area is 193 Å². The summed E-state index contributed by atoms with van der Waals surface area (Å²) in [6.07, 6.45) is 4.46. The first-order valence-corrected chi connectivity index (χ1v) is 12.8. The zero-order valence-corrected chi connectivity index (χ0v) is 19.8. The highest BCUT2D eigenvalue weighted by Crippen LogP contribution is 2.27. The molecule has 2 aromatic carbocycles.